The zero-order valence-corrected chi connectivity index (χ0v) is 9.33. The zero-order valence-electron chi connectivity index (χ0n) is 9.33. The van der Waals surface area contributed by atoms with Gasteiger partial charge in [-0.25, -0.2) is 0 Å². The molecule has 0 saturated heterocycles. The van der Waals surface area contributed by atoms with E-state index in [1.54, 1.807) is 6.08 Å². The lowest BCUT2D eigenvalue weighted by Crippen LogP contribution is -2.12. The van der Waals surface area contributed by atoms with E-state index in [1.807, 2.05) is 12.2 Å². The number of hydrogen-bond donors (Lipinski definition) is 1. The third-order valence-corrected chi connectivity index (χ3v) is 2.75. The van der Waals surface area contributed by atoms with Crippen molar-refractivity contribution >= 4 is 0 Å². The van der Waals surface area contributed by atoms with Crippen molar-refractivity contribution in [1.82, 2.24) is 0 Å². The molecule has 0 bridgehead atoms. The van der Waals surface area contributed by atoms with E-state index in [9.17, 15) is 0 Å². The Morgan fingerprint density at radius 3 is 3.07 bits per heavy atom. The molecule has 0 aromatic heterocycles. The van der Waals surface area contributed by atoms with Crippen LogP contribution in [0.2, 0.25) is 0 Å². The van der Waals surface area contributed by atoms with Gasteiger partial charge in [-0.2, -0.15) is 0 Å². The van der Waals surface area contributed by atoms with Gasteiger partial charge in [0.1, 0.15) is 0 Å². The van der Waals surface area contributed by atoms with Gasteiger partial charge in [0.2, 0.25) is 0 Å². The summed E-state index contributed by atoms with van der Waals surface area (Å²) in [5.74, 6) is 2.90. The molecule has 0 aromatic rings. The Hall–Kier alpha value is -1.68. The first-order valence-electron chi connectivity index (χ1n) is 5.09. The van der Waals surface area contributed by atoms with E-state index < -0.39 is 0 Å². The van der Waals surface area contributed by atoms with Crippen LogP contribution in [0, 0.1) is 18.3 Å². The average molecular weight is 199 g/mol. The van der Waals surface area contributed by atoms with Crippen LogP contribution in [0.25, 0.3) is 0 Å². The first-order chi connectivity index (χ1) is 7.16. The molecule has 0 spiro atoms. The van der Waals surface area contributed by atoms with Gasteiger partial charge in [0.25, 0.3) is 0 Å². The molecule has 78 valence electrons. The molecule has 1 heteroatoms. The minimum atomic E-state index is 0.428. The van der Waals surface area contributed by atoms with Gasteiger partial charge in [-0.05, 0) is 38.0 Å². The highest BCUT2D eigenvalue weighted by molar-refractivity contribution is 5.34. The molecule has 0 amide bonds. The quantitative estimate of drug-likeness (QED) is 0.537. The summed E-state index contributed by atoms with van der Waals surface area (Å²) >= 11 is 0. The van der Waals surface area contributed by atoms with Gasteiger partial charge in [-0.3, -0.25) is 0 Å². The van der Waals surface area contributed by atoms with Crippen molar-refractivity contribution in [2.45, 2.75) is 20.3 Å². The van der Waals surface area contributed by atoms with Gasteiger partial charge in [0.15, 0.2) is 0 Å². The van der Waals surface area contributed by atoms with Crippen molar-refractivity contribution < 1.29 is 0 Å². The zero-order chi connectivity index (χ0) is 11.3. The molecule has 15 heavy (non-hydrogen) atoms. The molecule has 0 heterocycles. The van der Waals surface area contributed by atoms with Gasteiger partial charge in [0, 0.05) is 11.6 Å². The Morgan fingerprint density at radius 1 is 1.67 bits per heavy atom. The second kappa shape index (κ2) is 5.26. The maximum absolute atomic E-state index is 5.88. The molecule has 1 nitrogen and oxygen atoms in total. The molecule has 1 atom stereocenters. The van der Waals surface area contributed by atoms with Crippen molar-refractivity contribution in [3.05, 3.63) is 47.2 Å². The predicted octanol–water partition coefficient (Wildman–Crippen LogP) is 2.93. The normalized spacial score (nSPS) is 22.2. The molecule has 0 aromatic carbocycles. The lowest BCUT2D eigenvalue weighted by Gasteiger charge is -2.21. The van der Waals surface area contributed by atoms with Gasteiger partial charge in [0.05, 0.1) is 0 Å². The van der Waals surface area contributed by atoms with Crippen molar-refractivity contribution in [3.63, 3.8) is 0 Å². The SMILES string of the molecule is C#C/C=C\C=C(/C)C1CC=CC(N)=C1C. The molecule has 0 radical (unpaired) electrons. The van der Waals surface area contributed by atoms with Crippen molar-refractivity contribution in [3.8, 4) is 12.3 Å². The molecule has 1 unspecified atom stereocenters. The van der Waals surface area contributed by atoms with Gasteiger partial charge in [-0.15, -0.1) is 6.42 Å². The first kappa shape index (κ1) is 11.4. The average Bonchev–Trinajstić information content (AvgIpc) is 2.22. The highest BCUT2D eigenvalue weighted by Gasteiger charge is 2.15. The Bertz CT molecular complexity index is 386. The minimum absolute atomic E-state index is 0.428. The van der Waals surface area contributed by atoms with E-state index in [0.29, 0.717) is 5.92 Å². The van der Waals surface area contributed by atoms with Gasteiger partial charge >= 0.3 is 0 Å². The van der Waals surface area contributed by atoms with Crippen LogP contribution in [0.1, 0.15) is 20.3 Å². The summed E-state index contributed by atoms with van der Waals surface area (Å²) in [7, 11) is 0. The fourth-order valence-electron chi connectivity index (χ4n) is 1.74. The largest absolute Gasteiger partial charge is 0.399 e. The Kier molecular flexibility index (Phi) is 4.00. The summed E-state index contributed by atoms with van der Waals surface area (Å²) in [5.41, 5.74) is 9.31. The topological polar surface area (TPSA) is 26.0 Å². The Labute approximate surface area is 92.1 Å². The Morgan fingerprint density at radius 2 is 2.40 bits per heavy atom. The summed E-state index contributed by atoms with van der Waals surface area (Å²) in [5, 5.41) is 0. The van der Waals surface area contributed by atoms with Crippen LogP contribution in [-0.2, 0) is 0 Å². The van der Waals surface area contributed by atoms with Gasteiger partial charge in [-0.1, -0.05) is 29.7 Å². The third kappa shape index (κ3) is 2.89. The standard InChI is InChI=1S/C14H17N/c1-4-5-6-8-11(2)13-9-7-10-14(15)12(13)3/h1,5-8,10,13H,9,15H2,2-3H3/b6-5-,11-8+. The van der Waals surface area contributed by atoms with E-state index in [4.69, 9.17) is 12.2 Å². The number of hydrogen-bond acceptors (Lipinski definition) is 1. The van der Waals surface area contributed by atoms with Crippen molar-refractivity contribution in [2.75, 3.05) is 0 Å². The molecular formula is C14H17N. The molecule has 0 saturated carbocycles. The monoisotopic (exact) mass is 199 g/mol. The fraction of sp³-hybridized carbons (Fsp3) is 0.286. The lowest BCUT2D eigenvalue weighted by atomic mass is 9.85. The predicted molar refractivity (Wildman–Crippen MR) is 65.9 cm³/mol. The lowest BCUT2D eigenvalue weighted by molar-refractivity contribution is 0.705. The summed E-state index contributed by atoms with van der Waals surface area (Å²) in [6.45, 7) is 4.20. The summed E-state index contributed by atoms with van der Waals surface area (Å²) in [6, 6.07) is 0. The number of allylic oxidation sites excluding steroid dienone is 7. The van der Waals surface area contributed by atoms with Gasteiger partial charge < -0.3 is 5.73 Å². The van der Waals surface area contributed by atoms with E-state index in [2.05, 4.69) is 31.9 Å². The first-order valence-corrected chi connectivity index (χ1v) is 5.09. The summed E-state index contributed by atoms with van der Waals surface area (Å²) < 4.78 is 0. The number of nitrogens with two attached hydrogens (primary N) is 1. The van der Waals surface area contributed by atoms with Crippen LogP contribution in [0.4, 0.5) is 0 Å². The number of rotatable bonds is 2. The second-order valence-electron chi connectivity index (χ2n) is 3.77. The molecule has 0 fully saturated rings. The molecule has 2 N–H and O–H groups in total. The van der Waals surface area contributed by atoms with Crippen molar-refractivity contribution in [1.29, 1.82) is 0 Å². The maximum Gasteiger partial charge on any atom is 0.0306 e. The van der Waals surface area contributed by atoms with Crippen LogP contribution in [0.5, 0.6) is 0 Å². The van der Waals surface area contributed by atoms with Crippen LogP contribution in [0.15, 0.2) is 47.2 Å². The fourth-order valence-corrected chi connectivity index (χ4v) is 1.74. The number of terminal acetylenes is 1. The third-order valence-electron chi connectivity index (χ3n) is 2.75. The highest BCUT2D eigenvalue weighted by atomic mass is 14.6. The van der Waals surface area contributed by atoms with E-state index in [-0.39, 0.29) is 0 Å². The van der Waals surface area contributed by atoms with Crippen molar-refractivity contribution in [2.24, 2.45) is 11.7 Å². The molecule has 1 aliphatic rings. The minimum Gasteiger partial charge on any atom is -0.399 e. The van der Waals surface area contributed by atoms with Crippen LogP contribution in [-0.4, -0.2) is 0 Å². The molecule has 1 rings (SSSR count). The summed E-state index contributed by atoms with van der Waals surface area (Å²) in [6.07, 6.45) is 15.9. The molecular weight excluding hydrogens is 182 g/mol. The van der Waals surface area contributed by atoms with Crippen LogP contribution in [0.3, 0.4) is 0 Å². The van der Waals surface area contributed by atoms with Crippen LogP contribution >= 0.6 is 0 Å². The molecule has 0 aliphatic heterocycles. The molecule has 1 aliphatic carbocycles. The summed E-state index contributed by atoms with van der Waals surface area (Å²) in [4.78, 5) is 0. The Balaban J connectivity index is 2.83. The smallest absolute Gasteiger partial charge is 0.0306 e. The van der Waals surface area contributed by atoms with E-state index >= 15 is 0 Å². The highest BCUT2D eigenvalue weighted by Crippen LogP contribution is 2.28. The van der Waals surface area contributed by atoms with Crippen LogP contribution < -0.4 is 5.73 Å². The second-order valence-corrected chi connectivity index (χ2v) is 3.77. The van der Waals surface area contributed by atoms with E-state index in [1.165, 1.54) is 11.1 Å². The van der Waals surface area contributed by atoms with E-state index in [0.717, 1.165) is 12.1 Å². The maximum atomic E-state index is 5.88.